The Bertz CT molecular complexity index is 716. The van der Waals surface area contributed by atoms with Crippen molar-refractivity contribution in [2.45, 2.75) is 13.3 Å². The van der Waals surface area contributed by atoms with Gasteiger partial charge >= 0.3 is 5.97 Å². The molecule has 0 aliphatic rings. The Labute approximate surface area is 129 Å². The monoisotopic (exact) mass is 294 g/mol. The first kappa shape index (κ1) is 15.5. The molecule has 112 valence electrons. The SMILES string of the molecule is CCc1ccc(N=CC=C(N)c2cccc(C(=O)O)c2)cc1. The molecule has 4 nitrogen and oxygen atoms in total. The van der Waals surface area contributed by atoms with E-state index in [0.29, 0.717) is 11.3 Å². The number of hydrogen-bond donors (Lipinski definition) is 2. The molecule has 0 atom stereocenters. The van der Waals surface area contributed by atoms with E-state index in [1.807, 2.05) is 24.3 Å². The molecule has 2 aromatic carbocycles. The van der Waals surface area contributed by atoms with Crippen molar-refractivity contribution in [2.24, 2.45) is 10.7 Å². The lowest BCUT2D eigenvalue weighted by Gasteiger charge is -2.02. The molecule has 0 saturated heterocycles. The number of aliphatic imine (C=N–C) groups is 1. The maximum atomic E-state index is 10.9. The van der Waals surface area contributed by atoms with Crippen molar-refractivity contribution in [3.05, 3.63) is 71.3 Å². The predicted molar refractivity (Wildman–Crippen MR) is 89.5 cm³/mol. The average Bonchev–Trinajstić information content (AvgIpc) is 2.55. The number of aromatic carboxylic acids is 1. The molecular formula is C18H18N2O2. The summed E-state index contributed by atoms with van der Waals surface area (Å²) in [6.45, 7) is 2.10. The second kappa shape index (κ2) is 7.22. The minimum atomic E-state index is -0.973. The van der Waals surface area contributed by atoms with Gasteiger partial charge in [0.25, 0.3) is 0 Å². The first-order chi connectivity index (χ1) is 10.6. The number of benzene rings is 2. The van der Waals surface area contributed by atoms with Gasteiger partial charge in [-0.2, -0.15) is 0 Å². The molecule has 0 heterocycles. The summed E-state index contributed by atoms with van der Waals surface area (Å²) in [5, 5.41) is 8.97. The normalized spacial score (nSPS) is 11.8. The second-order valence-corrected chi connectivity index (χ2v) is 4.81. The Hall–Kier alpha value is -2.88. The van der Waals surface area contributed by atoms with E-state index >= 15 is 0 Å². The van der Waals surface area contributed by atoms with Gasteiger partial charge in [0.05, 0.1) is 11.3 Å². The van der Waals surface area contributed by atoms with E-state index in [-0.39, 0.29) is 5.56 Å². The number of rotatable bonds is 5. The standard InChI is InChI=1S/C18H18N2O2/c1-2-13-6-8-16(9-7-13)20-11-10-17(19)14-4-3-5-15(12-14)18(21)22/h3-12H,2,19H2,1H3,(H,21,22). The van der Waals surface area contributed by atoms with Gasteiger partial charge in [0.15, 0.2) is 0 Å². The average molecular weight is 294 g/mol. The first-order valence-corrected chi connectivity index (χ1v) is 7.02. The molecule has 0 radical (unpaired) electrons. The van der Waals surface area contributed by atoms with Crippen molar-refractivity contribution in [1.82, 2.24) is 0 Å². The molecule has 0 unspecified atom stereocenters. The zero-order valence-corrected chi connectivity index (χ0v) is 12.4. The quantitative estimate of drug-likeness (QED) is 0.826. The summed E-state index contributed by atoms with van der Waals surface area (Å²) in [5.74, 6) is -0.973. The van der Waals surface area contributed by atoms with Crippen LogP contribution >= 0.6 is 0 Å². The van der Waals surface area contributed by atoms with Crippen molar-refractivity contribution >= 4 is 23.6 Å². The summed E-state index contributed by atoms with van der Waals surface area (Å²) >= 11 is 0. The van der Waals surface area contributed by atoms with E-state index in [2.05, 4.69) is 11.9 Å². The fourth-order valence-electron chi connectivity index (χ4n) is 1.95. The van der Waals surface area contributed by atoms with E-state index < -0.39 is 5.97 Å². The predicted octanol–water partition coefficient (Wildman–Crippen LogP) is 3.65. The number of nitrogens with zero attached hydrogens (tertiary/aromatic N) is 1. The van der Waals surface area contributed by atoms with Gasteiger partial charge in [-0.3, -0.25) is 4.99 Å². The van der Waals surface area contributed by atoms with Crippen LogP contribution in [-0.4, -0.2) is 17.3 Å². The smallest absolute Gasteiger partial charge is 0.335 e. The molecule has 22 heavy (non-hydrogen) atoms. The highest BCUT2D eigenvalue weighted by molar-refractivity contribution is 5.90. The Balaban J connectivity index is 2.12. The third-order valence-electron chi connectivity index (χ3n) is 3.27. The molecule has 0 amide bonds. The van der Waals surface area contributed by atoms with Crippen LogP contribution in [0.15, 0.2) is 59.6 Å². The highest BCUT2D eigenvalue weighted by Gasteiger charge is 2.03. The lowest BCUT2D eigenvalue weighted by atomic mass is 10.1. The Kier molecular flexibility index (Phi) is 5.09. The molecule has 3 N–H and O–H groups in total. The maximum Gasteiger partial charge on any atom is 0.335 e. The van der Waals surface area contributed by atoms with Gasteiger partial charge in [0, 0.05) is 11.9 Å². The van der Waals surface area contributed by atoms with Crippen molar-refractivity contribution in [1.29, 1.82) is 0 Å². The minimum absolute atomic E-state index is 0.209. The summed E-state index contributed by atoms with van der Waals surface area (Å²) in [6, 6.07) is 14.5. The lowest BCUT2D eigenvalue weighted by molar-refractivity contribution is 0.0697. The Morgan fingerprint density at radius 2 is 1.86 bits per heavy atom. The largest absolute Gasteiger partial charge is 0.478 e. The van der Waals surface area contributed by atoms with E-state index in [1.165, 1.54) is 17.7 Å². The summed E-state index contributed by atoms with van der Waals surface area (Å²) in [6.07, 6.45) is 4.27. The summed E-state index contributed by atoms with van der Waals surface area (Å²) < 4.78 is 0. The molecule has 4 heteroatoms. The molecule has 0 spiro atoms. The van der Waals surface area contributed by atoms with Gasteiger partial charge in [0.1, 0.15) is 0 Å². The lowest BCUT2D eigenvalue weighted by Crippen LogP contribution is -2.01. The molecule has 0 aliphatic heterocycles. The molecular weight excluding hydrogens is 276 g/mol. The highest BCUT2D eigenvalue weighted by atomic mass is 16.4. The molecule has 0 aromatic heterocycles. The summed E-state index contributed by atoms with van der Waals surface area (Å²) in [7, 11) is 0. The van der Waals surface area contributed by atoms with Crippen LogP contribution in [0.3, 0.4) is 0 Å². The zero-order valence-electron chi connectivity index (χ0n) is 12.4. The van der Waals surface area contributed by atoms with Crippen molar-refractivity contribution < 1.29 is 9.90 Å². The number of allylic oxidation sites excluding steroid dienone is 1. The van der Waals surface area contributed by atoms with Crippen molar-refractivity contribution in [2.75, 3.05) is 0 Å². The van der Waals surface area contributed by atoms with E-state index in [1.54, 1.807) is 24.4 Å². The third kappa shape index (κ3) is 4.06. The molecule has 2 rings (SSSR count). The van der Waals surface area contributed by atoms with E-state index in [4.69, 9.17) is 10.8 Å². The number of carboxylic acid groups (broad SMARTS) is 1. The van der Waals surface area contributed by atoms with Crippen LogP contribution in [0.25, 0.3) is 5.70 Å². The molecule has 0 aliphatic carbocycles. The van der Waals surface area contributed by atoms with Gasteiger partial charge in [-0.05, 0) is 47.9 Å². The maximum absolute atomic E-state index is 10.9. The van der Waals surface area contributed by atoms with Crippen molar-refractivity contribution in [3.8, 4) is 0 Å². The number of nitrogens with two attached hydrogens (primary N) is 1. The minimum Gasteiger partial charge on any atom is -0.478 e. The fraction of sp³-hybridized carbons (Fsp3) is 0.111. The van der Waals surface area contributed by atoms with Gasteiger partial charge in [-0.25, -0.2) is 4.79 Å². The molecule has 2 aromatic rings. The first-order valence-electron chi connectivity index (χ1n) is 7.02. The van der Waals surface area contributed by atoms with Crippen molar-refractivity contribution in [3.63, 3.8) is 0 Å². The number of aryl methyl sites for hydroxylation is 1. The third-order valence-corrected chi connectivity index (χ3v) is 3.27. The molecule has 0 fully saturated rings. The molecule has 0 saturated carbocycles. The van der Waals surface area contributed by atoms with Gasteiger partial charge < -0.3 is 10.8 Å². The number of carbonyl (C=O) groups is 1. The van der Waals surface area contributed by atoms with E-state index in [9.17, 15) is 4.79 Å². The van der Waals surface area contributed by atoms with Gasteiger partial charge in [0.2, 0.25) is 0 Å². The van der Waals surface area contributed by atoms with Gasteiger partial charge in [-0.1, -0.05) is 31.2 Å². The van der Waals surface area contributed by atoms with Crippen LogP contribution in [0.5, 0.6) is 0 Å². The van der Waals surface area contributed by atoms with Crippen LogP contribution in [0.1, 0.15) is 28.4 Å². The highest BCUT2D eigenvalue weighted by Crippen LogP contribution is 2.14. The Morgan fingerprint density at radius 1 is 1.18 bits per heavy atom. The number of carboxylic acids is 1. The van der Waals surface area contributed by atoms with Crippen LogP contribution in [0.4, 0.5) is 5.69 Å². The molecule has 0 bridgehead atoms. The van der Waals surface area contributed by atoms with E-state index in [0.717, 1.165) is 12.1 Å². The van der Waals surface area contributed by atoms with Crippen LogP contribution < -0.4 is 5.73 Å². The summed E-state index contributed by atoms with van der Waals surface area (Å²) in [5.41, 5.74) is 9.40. The number of hydrogen-bond acceptors (Lipinski definition) is 3. The van der Waals surface area contributed by atoms with Gasteiger partial charge in [-0.15, -0.1) is 0 Å². The Morgan fingerprint density at radius 3 is 2.50 bits per heavy atom. The fourth-order valence-corrected chi connectivity index (χ4v) is 1.95. The summed E-state index contributed by atoms with van der Waals surface area (Å²) in [4.78, 5) is 15.2. The second-order valence-electron chi connectivity index (χ2n) is 4.81. The van der Waals surface area contributed by atoms with Crippen LogP contribution in [0, 0.1) is 0 Å². The zero-order chi connectivity index (χ0) is 15.9. The van der Waals surface area contributed by atoms with Crippen LogP contribution in [0.2, 0.25) is 0 Å². The topological polar surface area (TPSA) is 75.7 Å². The van der Waals surface area contributed by atoms with Crippen LogP contribution in [-0.2, 0) is 6.42 Å².